The highest BCUT2D eigenvalue weighted by molar-refractivity contribution is 5.92. The number of hydrogen-bond acceptors (Lipinski definition) is 4. The molecular weight excluding hydrogens is 258 g/mol. The quantitative estimate of drug-likeness (QED) is 0.818. The normalized spacial score (nSPS) is 11.4. The van der Waals surface area contributed by atoms with Crippen LogP contribution in [0.2, 0.25) is 0 Å². The fraction of sp³-hybridized carbons (Fsp3) is 0.429. The molecule has 1 aromatic rings. The summed E-state index contributed by atoms with van der Waals surface area (Å²) in [7, 11) is 0. The maximum absolute atomic E-state index is 11.9. The van der Waals surface area contributed by atoms with E-state index < -0.39 is 17.8 Å². The first-order valence-corrected chi connectivity index (χ1v) is 6.38. The zero-order valence-electron chi connectivity index (χ0n) is 11.5. The van der Waals surface area contributed by atoms with Gasteiger partial charge in [0, 0.05) is 6.54 Å². The van der Waals surface area contributed by atoms with Crippen LogP contribution < -0.4 is 5.32 Å². The zero-order chi connectivity index (χ0) is 15.1. The smallest absolute Gasteiger partial charge is 0.308 e. The second-order valence-electron chi connectivity index (χ2n) is 4.48. The minimum absolute atomic E-state index is 0.0722. The highest BCUT2D eigenvalue weighted by atomic mass is 16.4. The lowest BCUT2D eigenvalue weighted by atomic mass is 10.0. The summed E-state index contributed by atoms with van der Waals surface area (Å²) in [5, 5.41) is 20.4. The molecule has 0 aliphatic carbocycles. The summed E-state index contributed by atoms with van der Waals surface area (Å²) >= 11 is 0. The molecule has 106 valence electrons. The molecule has 0 bridgehead atoms. The molecule has 1 aromatic heterocycles. The van der Waals surface area contributed by atoms with Crippen LogP contribution in [0.3, 0.4) is 0 Å². The van der Waals surface area contributed by atoms with Crippen LogP contribution in [-0.4, -0.2) is 28.5 Å². The molecule has 0 aromatic carbocycles. The Balaban J connectivity index is 2.69. The van der Waals surface area contributed by atoms with E-state index in [0.29, 0.717) is 17.7 Å². The number of aromatic nitrogens is 1. The number of aryl methyl sites for hydroxylation is 1. The van der Waals surface area contributed by atoms with E-state index in [1.54, 1.807) is 6.92 Å². The Morgan fingerprint density at radius 3 is 2.70 bits per heavy atom. The van der Waals surface area contributed by atoms with Crippen molar-refractivity contribution < 1.29 is 14.7 Å². The maximum atomic E-state index is 11.9. The van der Waals surface area contributed by atoms with Gasteiger partial charge in [-0.3, -0.25) is 9.59 Å². The van der Waals surface area contributed by atoms with Crippen LogP contribution >= 0.6 is 0 Å². The highest BCUT2D eigenvalue weighted by Crippen LogP contribution is 2.07. The molecule has 1 atom stereocenters. The summed E-state index contributed by atoms with van der Waals surface area (Å²) in [5.74, 6) is -1.94. The Labute approximate surface area is 117 Å². The lowest BCUT2D eigenvalue weighted by molar-refractivity contribution is -0.141. The number of carboxylic acid groups (broad SMARTS) is 1. The van der Waals surface area contributed by atoms with Gasteiger partial charge in [0.1, 0.15) is 11.8 Å². The van der Waals surface area contributed by atoms with E-state index in [0.717, 1.165) is 6.42 Å². The second kappa shape index (κ2) is 7.24. The van der Waals surface area contributed by atoms with Crippen LogP contribution in [0, 0.1) is 24.2 Å². The van der Waals surface area contributed by atoms with E-state index in [1.165, 1.54) is 12.1 Å². The van der Waals surface area contributed by atoms with Crippen LogP contribution in [0.5, 0.6) is 0 Å². The number of nitrogens with one attached hydrogen (secondary N) is 1. The molecule has 0 aliphatic heterocycles. The van der Waals surface area contributed by atoms with Gasteiger partial charge < -0.3 is 10.4 Å². The Morgan fingerprint density at radius 1 is 1.50 bits per heavy atom. The molecule has 0 saturated carbocycles. The molecule has 0 radical (unpaired) electrons. The van der Waals surface area contributed by atoms with E-state index in [2.05, 4.69) is 10.3 Å². The summed E-state index contributed by atoms with van der Waals surface area (Å²) in [6.45, 7) is 3.61. The summed E-state index contributed by atoms with van der Waals surface area (Å²) in [4.78, 5) is 26.9. The van der Waals surface area contributed by atoms with Gasteiger partial charge in [-0.15, -0.1) is 0 Å². The van der Waals surface area contributed by atoms with Crippen LogP contribution in [0.15, 0.2) is 12.1 Å². The van der Waals surface area contributed by atoms with Crippen molar-refractivity contribution in [3.63, 3.8) is 0 Å². The summed E-state index contributed by atoms with van der Waals surface area (Å²) in [5.41, 5.74) is 1.07. The number of hydrogen-bond donors (Lipinski definition) is 2. The molecule has 0 spiro atoms. The van der Waals surface area contributed by atoms with Crippen LogP contribution in [-0.2, 0) is 4.79 Å². The molecule has 1 heterocycles. The molecule has 1 unspecified atom stereocenters. The first kappa shape index (κ1) is 15.6. The van der Waals surface area contributed by atoms with Gasteiger partial charge in [0.2, 0.25) is 0 Å². The Bertz CT molecular complexity index is 549. The van der Waals surface area contributed by atoms with Gasteiger partial charge in [0.05, 0.1) is 17.2 Å². The molecular formula is C14H17N3O3. The van der Waals surface area contributed by atoms with Crippen molar-refractivity contribution in [3.05, 3.63) is 29.1 Å². The molecule has 20 heavy (non-hydrogen) atoms. The van der Waals surface area contributed by atoms with Crippen LogP contribution in [0.1, 0.15) is 41.5 Å². The van der Waals surface area contributed by atoms with Crippen LogP contribution in [0.25, 0.3) is 0 Å². The Kier molecular flexibility index (Phi) is 5.66. The van der Waals surface area contributed by atoms with Gasteiger partial charge in [-0.05, 0) is 25.5 Å². The standard InChI is InChI=1S/C14H17N3O3/c1-3-4-11(14(19)20)8-16-13(18)12-6-5-10(7-15)9(2)17-12/h5-6,11H,3-4,8H2,1-2H3,(H,16,18)(H,19,20). The number of rotatable bonds is 6. The van der Waals surface area contributed by atoms with E-state index in [9.17, 15) is 9.59 Å². The number of nitrogens with zero attached hydrogens (tertiary/aromatic N) is 2. The average molecular weight is 275 g/mol. The molecule has 0 saturated heterocycles. The van der Waals surface area contributed by atoms with Gasteiger partial charge in [-0.25, -0.2) is 4.98 Å². The minimum Gasteiger partial charge on any atom is -0.481 e. The van der Waals surface area contributed by atoms with Crippen molar-refractivity contribution in [2.24, 2.45) is 5.92 Å². The van der Waals surface area contributed by atoms with Gasteiger partial charge >= 0.3 is 5.97 Å². The number of aliphatic carboxylic acids is 1. The molecule has 6 heteroatoms. The van der Waals surface area contributed by atoms with Crippen molar-refractivity contribution in [3.8, 4) is 6.07 Å². The number of pyridine rings is 1. The fourth-order valence-electron chi connectivity index (χ4n) is 1.77. The molecule has 2 N–H and O–H groups in total. The monoisotopic (exact) mass is 275 g/mol. The highest BCUT2D eigenvalue weighted by Gasteiger charge is 2.18. The SMILES string of the molecule is CCCC(CNC(=O)c1ccc(C#N)c(C)n1)C(=O)O. The Hall–Kier alpha value is -2.42. The van der Waals surface area contributed by atoms with Gasteiger partial charge in [-0.1, -0.05) is 13.3 Å². The average Bonchev–Trinajstić information content (AvgIpc) is 2.42. The van der Waals surface area contributed by atoms with Gasteiger partial charge in [0.15, 0.2) is 0 Å². The first-order valence-electron chi connectivity index (χ1n) is 6.38. The van der Waals surface area contributed by atoms with Crippen molar-refractivity contribution in [1.29, 1.82) is 5.26 Å². The molecule has 0 aliphatic rings. The number of amides is 1. The van der Waals surface area contributed by atoms with E-state index in [1.807, 2.05) is 13.0 Å². The van der Waals surface area contributed by atoms with Crippen LogP contribution in [0.4, 0.5) is 0 Å². The third kappa shape index (κ3) is 4.05. The van der Waals surface area contributed by atoms with Crippen molar-refractivity contribution in [2.75, 3.05) is 6.54 Å². The van der Waals surface area contributed by atoms with Crippen molar-refractivity contribution in [1.82, 2.24) is 10.3 Å². The fourth-order valence-corrected chi connectivity index (χ4v) is 1.77. The van der Waals surface area contributed by atoms with Gasteiger partial charge in [-0.2, -0.15) is 5.26 Å². The lowest BCUT2D eigenvalue weighted by Crippen LogP contribution is -2.33. The summed E-state index contributed by atoms with van der Waals surface area (Å²) in [6.07, 6.45) is 1.25. The van der Waals surface area contributed by atoms with Crippen molar-refractivity contribution >= 4 is 11.9 Å². The van der Waals surface area contributed by atoms with Gasteiger partial charge in [0.25, 0.3) is 5.91 Å². The number of carbonyl (C=O) groups excluding carboxylic acids is 1. The molecule has 6 nitrogen and oxygen atoms in total. The maximum Gasteiger partial charge on any atom is 0.308 e. The second-order valence-corrected chi connectivity index (χ2v) is 4.48. The largest absolute Gasteiger partial charge is 0.481 e. The minimum atomic E-state index is -0.920. The van der Waals surface area contributed by atoms with E-state index >= 15 is 0 Å². The Morgan fingerprint density at radius 2 is 2.20 bits per heavy atom. The first-order chi connectivity index (χ1) is 9.49. The molecule has 0 fully saturated rings. The summed E-state index contributed by atoms with van der Waals surface area (Å²) in [6, 6.07) is 4.95. The number of carbonyl (C=O) groups is 2. The number of nitriles is 1. The van der Waals surface area contributed by atoms with Crippen molar-refractivity contribution in [2.45, 2.75) is 26.7 Å². The third-order valence-corrected chi connectivity index (χ3v) is 2.93. The molecule has 1 amide bonds. The lowest BCUT2D eigenvalue weighted by Gasteiger charge is -2.12. The topological polar surface area (TPSA) is 103 Å². The predicted molar refractivity (Wildman–Crippen MR) is 72.1 cm³/mol. The third-order valence-electron chi connectivity index (χ3n) is 2.93. The van der Waals surface area contributed by atoms with E-state index in [-0.39, 0.29) is 12.2 Å². The zero-order valence-corrected chi connectivity index (χ0v) is 11.5. The number of carboxylic acids is 1. The predicted octanol–water partition coefficient (Wildman–Crippen LogP) is 1.49. The molecule has 1 rings (SSSR count). The summed E-state index contributed by atoms with van der Waals surface area (Å²) < 4.78 is 0. The van der Waals surface area contributed by atoms with E-state index in [4.69, 9.17) is 10.4 Å².